The minimum absolute atomic E-state index is 0.164. The molecular formula is C22H23N3O5. The quantitative estimate of drug-likeness (QED) is 0.819. The molecule has 1 aliphatic heterocycles. The van der Waals surface area contributed by atoms with E-state index in [9.17, 15) is 14.4 Å². The summed E-state index contributed by atoms with van der Waals surface area (Å²) in [5.74, 6) is -1.50. The maximum Gasteiger partial charge on any atom is 0.257 e. The van der Waals surface area contributed by atoms with Crippen LogP contribution in [0.4, 0.5) is 5.69 Å². The van der Waals surface area contributed by atoms with Crippen molar-refractivity contribution < 1.29 is 23.9 Å². The van der Waals surface area contributed by atoms with Crippen LogP contribution in [0.2, 0.25) is 0 Å². The van der Waals surface area contributed by atoms with Crippen LogP contribution in [0.5, 0.6) is 11.5 Å². The second kappa shape index (κ2) is 8.77. The maximum absolute atomic E-state index is 13.2. The molecule has 0 fully saturated rings. The van der Waals surface area contributed by atoms with Crippen molar-refractivity contribution in [3.8, 4) is 11.5 Å². The Morgan fingerprint density at radius 2 is 1.73 bits per heavy atom. The van der Waals surface area contributed by atoms with Gasteiger partial charge >= 0.3 is 0 Å². The van der Waals surface area contributed by atoms with E-state index in [4.69, 9.17) is 9.47 Å². The van der Waals surface area contributed by atoms with Gasteiger partial charge in [-0.2, -0.15) is 10.1 Å². The van der Waals surface area contributed by atoms with Gasteiger partial charge in [0.05, 0.1) is 25.8 Å². The van der Waals surface area contributed by atoms with Crippen molar-refractivity contribution in [2.45, 2.75) is 26.2 Å². The Balaban J connectivity index is 2.05. The van der Waals surface area contributed by atoms with Crippen molar-refractivity contribution in [1.82, 2.24) is 5.01 Å². The van der Waals surface area contributed by atoms with Crippen LogP contribution in [0.1, 0.15) is 37.3 Å². The molecule has 0 spiro atoms. The Morgan fingerprint density at radius 1 is 1.10 bits per heavy atom. The summed E-state index contributed by atoms with van der Waals surface area (Å²) in [6, 6.07) is 12.3. The van der Waals surface area contributed by atoms with Crippen molar-refractivity contribution in [1.29, 1.82) is 0 Å². The van der Waals surface area contributed by atoms with E-state index < -0.39 is 17.7 Å². The molecule has 0 unspecified atom stereocenters. The van der Waals surface area contributed by atoms with Gasteiger partial charge in [0.2, 0.25) is 11.8 Å². The number of hydrogen-bond donors (Lipinski definition) is 1. The van der Waals surface area contributed by atoms with E-state index in [1.165, 1.54) is 21.1 Å². The Labute approximate surface area is 174 Å². The number of anilines is 1. The first-order chi connectivity index (χ1) is 14.3. The van der Waals surface area contributed by atoms with Crippen LogP contribution in [0.25, 0.3) is 0 Å². The highest BCUT2D eigenvalue weighted by Gasteiger charge is 2.36. The molecule has 8 nitrogen and oxygen atoms in total. The summed E-state index contributed by atoms with van der Waals surface area (Å²) < 4.78 is 10.7. The number of hydrazone groups is 1. The predicted molar refractivity (Wildman–Crippen MR) is 112 cm³/mol. The summed E-state index contributed by atoms with van der Waals surface area (Å²) in [7, 11) is 2.99. The predicted octanol–water partition coefficient (Wildman–Crippen LogP) is 2.93. The highest BCUT2D eigenvalue weighted by molar-refractivity contribution is 6.09. The molecule has 8 heteroatoms. The van der Waals surface area contributed by atoms with Gasteiger partial charge in [0.1, 0.15) is 0 Å². The van der Waals surface area contributed by atoms with E-state index in [0.29, 0.717) is 34.0 Å². The van der Waals surface area contributed by atoms with Crippen LogP contribution in [0.3, 0.4) is 0 Å². The molecule has 0 saturated carbocycles. The zero-order valence-corrected chi connectivity index (χ0v) is 17.3. The van der Waals surface area contributed by atoms with Crippen LogP contribution >= 0.6 is 0 Å². The lowest BCUT2D eigenvalue weighted by Crippen LogP contribution is -2.35. The number of hydrogen-bond acceptors (Lipinski definition) is 6. The number of amides is 3. The number of nitrogens with one attached hydrogen (secondary N) is 1. The third-order valence-corrected chi connectivity index (χ3v) is 4.82. The van der Waals surface area contributed by atoms with Crippen LogP contribution in [0, 0.1) is 0 Å². The number of carbonyl (C=O) groups is 3. The number of methoxy groups -OCH3 is 2. The lowest BCUT2D eigenvalue weighted by atomic mass is 9.88. The van der Waals surface area contributed by atoms with Crippen molar-refractivity contribution in [3.05, 3.63) is 53.6 Å². The number of benzene rings is 2. The zero-order valence-electron chi connectivity index (χ0n) is 17.3. The van der Waals surface area contributed by atoms with Gasteiger partial charge in [-0.15, -0.1) is 0 Å². The van der Waals surface area contributed by atoms with Gasteiger partial charge < -0.3 is 14.8 Å². The van der Waals surface area contributed by atoms with Crippen LogP contribution in [-0.2, 0) is 14.4 Å². The molecule has 1 aliphatic rings. The molecule has 0 bridgehead atoms. The molecule has 3 amide bonds. The minimum Gasteiger partial charge on any atom is -0.493 e. The molecule has 1 atom stereocenters. The second-order valence-electron chi connectivity index (χ2n) is 6.82. The molecule has 156 valence electrons. The molecule has 0 aliphatic carbocycles. The first-order valence-electron chi connectivity index (χ1n) is 9.36. The number of para-hydroxylation sites is 1. The summed E-state index contributed by atoms with van der Waals surface area (Å²) in [6.07, 6.45) is -0.164. The van der Waals surface area contributed by atoms with Gasteiger partial charge in [-0.1, -0.05) is 18.2 Å². The van der Waals surface area contributed by atoms with Crippen LogP contribution in [0.15, 0.2) is 47.6 Å². The third kappa shape index (κ3) is 4.17. The zero-order chi connectivity index (χ0) is 21.8. The van der Waals surface area contributed by atoms with Gasteiger partial charge in [0.15, 0.2) is 11.5 Å². The first-order valence-corrected chi connectivity index (χ1v) is 9.36. The standard InChI is InChI=1S/C22H23N3O5/c1-13-16-10-19(29-3)20(30-4)11-17(16)18(22(28)25(24-13)14(2)26)12-21(27)23-15-8-6-5-7-9-15/h5-11,18H,12H2,1-4H3,(H,23,27)/t18-/m0/s1. The molecule has 0 saturated heterocycles. The Hall–Kier alpha value is -3.68. The molecule has 1 heterocycles. The fourth-order valence-corrected chi connectivity index (χ4v) is 3.37. The van der Waals surface area contributed by atoms with Crippen molar-refractivity contribution in [2.75, 3.05) is 19.5 Å². The number of nitrogens with zero attached hydrogens (tertiary/aromatic N) is 2. The van der Waals surface area contributed by atoms with Crippen LogP contribution in [-0.4, -0.2) is 42.7 Å². The smallest absolute Gasteiger partial charge is 0.257 e. The summed E-state index contributed by atoms with van der Waals surface area (Å²) in [5.41, 5.74) is 2.24. The third-order valence-electron chi connectivity index (χ3n) is 4.82. The van der Waals surface area contributed by atoms with E-state index >= 15 is 0 Å². The van der Waals surface area contributed by atoms with Gasteiger partial charge in [-0.3, -0.25) is 14.4 Å². The molecule has 2 aromatic carbocycles. The highest BCUT2D eigenvalue weighted by Crippen LogP contribution is 2.38. The Kier molecular flexibility index (Phi) is 6.15. The van der Waals surface area contributed by atoms with E-state index in [2.05, 4.69) is 10.4 Å². The van der Waals surface area contributed by atoms with E-state index in [1.807, 2.05) is 6.07 Å². The molecule has 0 radical (unpaired) electrons. The minimum atomic E-state index is -0.923. The molecular weight excluding hydrogens is 386 g/mol. The summed E-state index contributed by atoms with van der Waals surface area (Å²) in [6.45, 7) is 2.95. The fraction of sp³-hybridized carbons (Fsp3) is 0.273. The molecule has 0 aromatic heterocycles. The number of carbonyl (C=O) groups excluding carboxylic acids is 3. The van der Waals surface area contributed by atoms with Crippen molar-refractivity contribution in [2.24, 2.45) is 5.10 Å². The maximum atomic E-state index is 13.2. The summed E-state index contributed by atoms with van der Waals surface area (Å²) in [5, 5.41) is 7.79. The van der Waals surface area contributed by atoms with Gasteiger partial charge in [-0.05, 0) is 36.8 Å². The second-order valence-corrected chi connectivity index (χ2v) is 6.82. The monoisotopic (exact) mass is 409 g/mol. The lowest BCUT2D eigenvalue weighted by Gasteiger charge is -2.21. The number of rotatable bonds is 5. The average molecular weight is 409 g/mol. The fourth-order valence-electron chi connectivity index (χ4n) is 3.37. The molecule has 2 aromatic rings. The van der Waals surface area contributed by atoms with E-state index in [0.717, 1.165) is 5.01 Å². The highest BCUT2D eigenvalue weighted by atomic mass is 16.5. The molecule has 3 rings (SSSR count). The molecule has 30 heavy (non-hydrogen) atoms. The molecule has 1 N–H and O–H groups in total. The summed E-state index contributed by atoms with van der Waals surface area (Å²) >= 11 is 0. The Morgan fingerprint density at radius 3 is 2.33 bits per heavy atom. The number of ether oxygens (including phenoxy) is 2. The average Bonchev–Trinajstić information content (AvgIpc) is 2.83. The normalized spacial score (nSPS) is 15.6. The largest absolute Gasteiger partial charge is 0.493 e. The van der Waals surface area contributed by atoms with Gasteiger partial charge in [0, 0.05) is 24.6 Å². The van der Waals surface area contributed by atoms with Gasteiger partial charge in [0.25, 0.3) is 5.91 Å². The van der Waals surface area contributed by atoms with E-state index in [1.54, 1.807) is 43.3 Å². The number of imide groups is 1. The van der Waals surface area contributed by atoms with Gasteiger partial charge in [-0.25, -0.2) is 0 Å². The Bertz CT molecular complexity index is 1020. The van der Waals surface area contributed by atoms with Crippen molar-refractivity contribution in [3.63, 3.8) is 0 Å². The summed E-state index contributed by atoms with van der Waals surface area (Å²) in [4.78, 5) is 38.0. The van der Waals surface area contributed by atoms with Crippen molar-refractivity contribution >= 4 is 29.1 Å². The SMILES string of the molecule is COc1cc2c(cc1OC)[C@H](CC(=O)Nc1ccccc1)C(=O)N(C(C)=O)N=C2C. The lowest BCUT2D eigenvalue weighted by molar-refractivity contribution is -0.145. The first kappa shape index (κ1) is 21.0. The number of fused-ring (bicyclic) bond motifs is 1. The van der Waals surface area contributed by atoms with Crippen LogP contribution < -0.4 is 14.8 Å². The van der Waals surface area contributed by atoms with E-state index in [-0.39, 0.29) is 12.3 Å². The topological polar surface area (TPSA) is 97.3 Å².